The minimum atomic E-state index is 0.281. The van der Waals surface area contributed by atoms with Crippen LogP contribution < -0.4 is 11.5 Å². The van der Waals surface area contributed by atoms with Gasteiger partial charge in [0.15, 0.2) is 0 Å². The van der Waals surface area contributed by atoms with Crippen molar-refractivity contribution in [1.82, 2.24) is 0 Å². The molecule has 0 aliphatic rings. The topological polar surface area (TPSA) is 52.0 Å². The number of thioether (sulfide) groups is 2. The molecule has 0 heterocycles. The van der Waals surface area contributed by atoms with E-state index in [1.807, 2.05) is 30.0 Å². The minimum absolute atomic E-state index is 0.281. The van der Waals surface area contributed by atoms with Gasteiger partial charge in [-0.15, -0.1) is 11.8 Å². The predicted molar refractivity (Wildman–Crippen MR) is 72.6 cm³/mol. The average molecular weight is 242 g/mol. The molecule has 1 rings (SSSR count). The zero-order chi connectivity index (χ0) is 11.1. The Hall–Kier alpha value is -0.320. The summed E-state index contributed by atoms with van der Waals surface area (Å²) in [6.07, 6.45) is 3.19. The molecule has 4 N–H and O–H groups in total. The molecule has 2 nitrogen and oxygen atoms in total. The lowest BCUT2D eigenvalue weighted by Crippen LogP contribution is -2.23. The summed E-state index contributed by atoms with van der Waals surface area (Å²) in [6, 6.07) is 8.22. The highest BCUT2D eigenvalue weighted by atomic mass is 32.2. The van der Waals surface area contributed by atoms with Gasteiger partial charge in [-0.3, -0.25) is 0 Å². The van der Waals surface area contributed by atoms with Gasteiger partial charge >= 0.3 is 0 Å². The van der Waals surface area contributed by atoms with Crippen molar-refractivity contribution in [2.45, 2.75) is 17.4 Å². The van der Waals surface area contributed by atoms with Gasteiger partial charge in [0, 0.05) is 22.4 Å². The summed E-state index contributed by atoms with van der Waals surface area (Å²) in [5.41, 5.74) is 12.5. The van der Waals surface area contributed by atoms with E-state index in [1.54, 1.807) is 11.8 Å². The van der Waals surface area contributed by atoms with Gasteiger partial charge in [-0.1, -0.05) is 6.07 Å². The summed E-state index contributed by atoms with van der Waals surface area (Å²) in [4.78, 5) is 1.20. The van der Waals surface area contributed by atoms with Crippen LogP contribution in [0.25, 0.3) is 0 Å². The van der Waals surface area contributed by atoms with E-state index in [-0.39, 0.29) is 6.04 Å². The van der Waals surface area contributed by atoms with E-state index in [9.17, 15) is 0 Å². The van der Waals surface area contributed by atoms with Crippen LogP contribution >= 0.6 is 23.5 Å². The first-order valence-electron chi connectivity index (χ1n) is 4.95. The zero-order valence-corrected chi connectivity index (χ0v) is 10.6. The third kappa shape index (κ3) is 5.35. The maximum Gasteiger partial charge on any atom is 0.0325 e. The summed E-state index contributed by atoms with van der Waals surface area (Å²) in [7, 11) is 0. The van der Waals surface area contributed by atoms with Gasteiger partial charge in [0.25, 0.3) is 0 Å². The molecule has 0 unspecified atom stereocenters. The molecule has 1 aromatic carbocycles. The largest absolute Gasteiger partial charge is 0.399 e. The number of rotatable bonds is 6. The molecule has 15 heavy (non-hydrogen) atoms. The van der Waals surface area contributed by atoms with Gasteiger partial charge in [0.1, 0.15) is 0 Å². The van der Waals surface area contributed by atoms with E-state index < -0.39 is 0 Å². The Bertz CT molecular complexity index is 292. The van der Waals surface area contributed by atoms with Crippen molar-refractivity contribution in [3.63, 3.8) is 0 Å². The number of anilines is 1. The zero-order valence-electron chi connectivity index (χ0n) is 8.98. The van der Waals surface area contributed by atoms with Gasteiger partial charge in [0.05, 0.1) is 0 Å². The van der Waals surface area contributed by atoms with Crippen LogP contribution in [-0.4, -0.2) is 23.8 Å². The maximum absolute atomic E-state index is 5.98. The molecule has 84 valence electrons. The van der Waals surface area contributed by atoms with Gasteiger partial charge in [-0.05, 0) is 36.6 Å². The molecular formula is C11H18N2S2. The molecule has 4 heteroatoms. The van der Waals surface area contributed by atoms with Gasteiger partial charge in [-0.25, -0.2) is 0 Å². The van der Waals surface area contributed by atoms with Crippen LogP contribution in [0.3, 0.4) is 0 Å². The predicted octanol–water partition coefficient (Wildman–Crippen LogP) is 2.44. The molecular weight excluding hydrogens is 224 g/mol. The number of nitrogens with two attached hydrogens (primary N) is 2. The van der Waals surface area contributed by atoms with Gasteiger partial charge < -0.3 is 11.5 Å². The molecule has 0 aromatic heterocycles. The fourth-order valence-electron chi connectivity index (χ4n) is 1.16. The van der Waals surface area contributed by atoms with E-state index in [2.05, 4.69) is 12.3 Å². The first kappa shape index (κ1) is 12.7. The molecule has 0 saturated heterocycles. The second kappa shape index (κ2) is 7.04. The molecule has 1 aromatic rings. The second-order valence-corrected chi connectivity index (χ2v) is 5.50. The van der Waals surface area contributed by atoms with Crippen molar-refractivity contribution in [3.8, 4) is 0 Å². The van der Waals surface area contributed by atoms with Crippen LogP contribution in [0.1, 0.15) is 6.42 Å². The lowest BCUT2D eigenvalue weighted by atomic mass is 10.3. The van der Waals surface area contributed by atoms with Crippen molar-refractivity contribution >= 4 is 29.2 Å². The third-order valence-electron chi connectivity index (χ3n) is 2.01. The molecule has 0 aliphatic heterocycles. The van der Waals surface area contributed by atoms with Crippen LogP contribution in [-0.2, 0) is 0 Å². The third-order valence-corrected chi connectivity index (χ3v) is 3.84. The Morgan fingerprint density at radius 1 is 1.40 bits per heavy atom. The highest BCUT2D eigenvalue weighted by Gasteiger charge is 2.03. The monoisotopic (exact) mass is 242 g/mol. The summed E-state index contributed by atoms with van der Waals surface area (Å²) in [5, 5.41) is 0. The van der Waals surface area contributed by atoms with Crippen LogP contribution in [0.4, 0.5) is 5.69 Å². The highest BCUT2D eigenvalue weighted by Crippen LogP contribution is 2.21. The van der Waals surface area contributed by atoms with Crippen LogP contribution in [0.2, 0.25) is 0 Å². The molecule has 0 fully saturated rings. The smallest absolute Gasteiger partial charge is 0.0325 e. The molecule has 0 spiro atoms. The van der Waals surface area contributed by atoms with E-state index in [4.69, 9.17) is 11.5 Å². The Kier molecular flexibility index (Phi) is 5.98. The quantitative estimate of drug-likeness (QED) is 0.594. The van der Waals surface area contributed by atoms with Crippen molar-refractivity contribution in [2.75, 3.05) is 23.5 Å². The van der Waals surface area contributed by atoms with Gasteiger partial charge in [0.2, 0.25) is 0 Å². The highest BCUT2D eigenvalue weighted by molar-refractivity contribution is 7.99. The lowest BCUT2D eigenvalue weighted by Gasteiger charge is -2.10. The first-order valence-corrected chi connectivity index (χ1v) is 7.33. The van der Waals surface area contributed by atoms with Crippen LogP contribution in [0.15, 0.2) is 29.2 Å². The van der Waals surface area contributed by atoms with Crippen molar-refractivity contribution < 1.29 is 0 Å². The molecule has 0 bridgehead atoms. The van der Waals surface area contributed by atoms with E-state index in [0.717, 1.165) is 23.6 Å². The van der Waals surface area contributed by atoms with E-state index in [0.29, 0.717) is 0 Å². The first-order chi connectivity index (χ1) is 7.22. The second-order valence-electron chi connectivity index (χ2n) is 3.43. The van der Waals surface area contributed by atoms with Crippen molar-refractivity contribution in [3.05, 3.63) is 24.3 Å². The fraction of sp³-hybridized carbons (Fsp3) is 0.455. The number of benzene rings is 1. The molecule has 0 amide bonds. The molecule has 0 aliphatic carbocycles. The van der Waals surface area contributed by atoms with Crippen molar-refractivity contribution in [1.29, 1.82) is 0 Å². The fourth-order valence-corrected chi connectivity index (χ4v) is 2.67. The Morgan fingerprint density at radius 3 is 2.87 bits per heavy atom. The Morgan fingerprint density at radius 2 is 2.20 bits per heavy atom. The average Bonchev–Trinajstić information content (AvgIpc) is 2.23. The lowest BCUT2D eigenvalue weighted by molar-refractivity contribution is 0.732. The summed E-state index contributed by atoms with van der Waals surface area (Å²) < 4.78 is 0. The normalized spacial score (nSPS) is 12.7. The minimum Gasteiger partial charge on any atom is -0.399 e. The summed E-state index contributed by atoms with van der Waals surface area (Å²) in [6.45, 7) is 0. The van der Waals surface area contributed by atoms with Crippen molar-refractivity contribution in [2.24, 2.45) is 5.73 Å². The SMILES string of the molecule is CSCC[C@H](N)CSc1cccc(N)c1. The summed E-state index contributed by atoms with van der Waals surface area (Å²) in [5.74, 6) is 2.10. The molecule has 0 saturated carbocycles. The van der Waals surface area contributed by atoms with Crippen LogP contribution in [0, 0.1) is 0 Å². The molecule has 0 radical (unpaired) electrons. The molecule has 1 atom stereocenters. The Labute approximate surface area is 100 Å². The standard InChI is InChI=1S/C11H18N2S2/c1-14-6-5-10(13)8-15-11-4-2-3-9(12)7-11/h2-4,7,10H,5-6,8,12-13H2,1H3/t10-/m0/s1. The van der Waals surface area contributed by atoms with Gasteiger partial charge in [-0.2, -0.15) is 11.8 Å². The van der Waals surface area contributed by atoms with E-state index >= 15 is 0 Å². The van der Waals surface area contributed by atoms with Crippen LogP contribution in [0.5, 0.6) is 0 Å². The maximum atomic E-state index is 5.98. The number of hydrogen-bond acceptors (Lipinski definition) is 4. The number of nitrogen functional groups attached to an aromatic ring is 1. The van der Waals surface area contributed by atoms with E-state index in [1.165, 1.54) is 4.90 Å². The Balaban J connectivity index is 2.30. The number of hydrogen-bond donors (Lipinski definition) is 2. The summed E-state index contributed by atoms with van der Waals surface area (Å²) >= 11 is 3.62.